The molecule has 136 valence electrons. The normalized spacial score (nSPS) is 17.5. The van der Waals surface area contributed by atoms with E-state index < -0.39 is 0 Å². The van der Waals surface area contributed by atoms with E-state index in [-0.39, 0.29) is 11.7 Å². The Morgan fingerprint density at radius 2 is 2.04 bits per heavy atom. The molecule has 0 spiro atoms. The third-order valence-electron chi connectivity index (χ3n) is 5.22. The molecule has 0 unspecified atom stereocenters. The Hall–Kier alpha value is -2.73. The number of hydrogen-bond donors (Lipinski definition) is 0. The largest absolute Gasteiger partial charge is 0.312 e. The van der Waals surface area contributed by atoms with E-state index in [9.17, 15) is 9.59 Å². The summed E-state index contributed by atoms with van der Waals surface area (Å²) < 4.78 is 2.06. The number of hydrogen-bond acceptors (Lipinski definition) is 4. The number of carbonyl (C=O) groups excluding carboxylic acids is 2. The fourth-order valence-corrected chi connectivity index (χ4v) is 4.35. The average Bonchev–Trinajstić information content (AvgIpc) is 3.10. The monoisotopic (exact) mass is 377 g/mol. The maximum atomic E-state index is 12.6. The number of aromatic nitrogens is 2. The highest BCUT2D eigenvalue weighted by molar-refractivity contribution is 7.15. The van der Waals surface area contributed by atoms with Gasteiger partial charge in [-0.05, 0) is 55.7 Å². The number of imidazole rings is 1. The Bertz CT molecular complexity index is 1060. The van der Waals surface area contributed by atoms with Crippen LogP contribution >= 0.6 is 11.3 Å². The number of allylic oxidation sites excluding steroid dienone is 1. The molecule has 5 nitrogen and oxygen atoms in total. The molecule has 1 aromatic carbocycles. The molecule has 2 aliphatic rings. The van der Waals surface area contributed by atoms with E-state index in [4.69, 9.17) is 4.98 Å². The molecule has 0 bridgehead atoms. The van der Waals surface area contributed by atoms with Crippen LogP contribution in [0.5, 0.6) is 0 Å². The second kappa shape index (κ2) is 6.46. The van der Waals surface area contributed by atoms with Gasteiger partial charge in [0.1, 0.15) is 0 Å². The maximum Gasteiger partial charge on any atom is 0.227 e. The van der Waals surface area contributed by atoms with Gasteiger partial charge in [0.15, 0.2) is 10.7 Å². The number of fused-ring (bicyclic) bond motifs is 1. The molecule has 27 heavy (non-hydrogen) atoms. The quantitative estimate of drug-likeness (QED) is 0.492. The van der Waals surface area contributed by atoms with Crippen LogP contribution in [-0.4, -0.2) is 27.6 Å². The van der Waals surface area contributed by atoms with Crippen molar-refractivity contribution in [3.8, 4) is 0 Å². The van der Waals surface area contributed by atoms with Crippen LogP contribution in [-0.2, 0) is 4.79 Å². The molecule has 0 atom stereocenters. The lowest BCUT2D eigenvalue weighted by Crippen LogP contribution is -2.23. The molecule has 2 fully saturated rings. The molecule has 3 aromatic rings. The van der Waals surface area contributed by atoms with Crippen molar-refractivity contribution in [2.45, 2.75) is 31.6 Å². The van der Waals surface area contributed by atoms with E-state index in [2.05, 4.69) is 4.40 Å². The van der Waals surface area contributed by atoms with Crippen LogP contribution in [0, 0.1) is 0 Å². The minimum absolute atomic E-state index is 0.0405. The minimum atomic E-state index is -0.0405. The molecule has 3 heterocycles. The first-order valence-corrected chi connectivity index (χ1v) is 10.2. The van der Waals surface area contributed by atoms with Crippen LogP contribution in [0.15, 0.2) is 41.9 Å². The third-order valence-corrected chi connectivity index (χ3v) is 5.98. The number of ketones is 1. The van der Waals surface area contributed by atoms with Crippen LogP contribution < -0.4 is 4.90 Å². The van der Waals surface area contributed by atoms with Gasteiger partial charge in [0.25, 0.3) is 0 Å². The first-order valence-electron chi connectivity index (χ1n) is 9.29. The Labute approximate surface area is 160 Å². The van der Waals surface area contributed by atoms with E-state index in [1.54, 1.807) is 34.4 Å². The van der Waals surface area contributed by atoms with Gasteiger partial charge >= 0.3 is 0 Å². The smallest absolute Gasteiger partial charge is 0.227 e. The van der Waals surface area contributed by atoms with Crippen molar-refractivity contribution in [3.63, 3.8) is 0 Å². The van der Waals surface area contributed by atoms with Crippen molar-refractivity contribution in [1.82, 2.24) is 9.38 Å². The van der Waals surface area contributed by atoms with Crippen molar-refractivity contribution < 1.29 is 9.59 Å². The fourth-order valence-electron chi connectivity index (χ4n) is 3.62. The average molecular weight is 377 g/mol. The van der Waals surface area contributed by atoms with Gasteiger partial charge in [-0.1, -0.05) is 0 Å². The Kier molecular flexibility index (Phi) is 3.93. The number of thiazole rings is 1. The minimum Gasteiger partial charge on any atom is -0.312 e. The highest BCUT2D eigenvalue weighted by atomic mass is 32.1. The zero-order chi connectivity index (χ0) is 18.4. The molecule has 1 saturated heterocycles. The van der Waals surface area contributed by atoms with Gasteiger partial charge in [0, 0.05) is 41.7 Å². The van der Waals surface area contributed by atoms with Gasteiger partial charge in [0.05, 0.1) is 11.4 Å². The van der Waals surface area contributed by atoms with Crippen molar-refractivity contribution in [2.24, 2.45) is 0 Å². The topological polar surface area (TPSA) is 54.7 Å². The summed E-state index contributed by atoms with van der Waals surface area (Å²) in [6.45, 7) is 0.758. The summed E-state index contributed by atoms with van der Waals surface area (Å²) in [5.74, 6) is 0.646. The van der Waals surface area contributed by atoms with E-state index in [1.165, 1.54) is 12.8 Å². The summed E-state index contributed by atoms with van der Waals surface area (Å²) in [6, 6.07) is 7.31. The Morgan fingerprint density at radius 3 is 2.74 bits per heavy atom. The van der Waals surface area contributed by atoms with Crippen LogP contribution in [0.25, 0.3) is 11.0 Å². The number of amides is 1. The van der Waals surface area contributed by atoms with Crippen LogP contribution in [0.4, 0.5) is 5.69 Å². The SMILES string of the molecule is O=C(C=Cc1c(C2CC2)nc2sccn12)c1ccc(N2CCCC2=O)cc1. The summed E-state index contributed by atoms with van der Waals surface area (Å²) in [4.78, 5) is 31.9. The van der Waals surface area contributed by atoms with E-state index >= 15 is 0 Å². The molecule has 0 radical (unpaired) electrons. The molecule has 2 aromatic heterocycles. The highest BCUT2D eigenvalue weighted by Crippen LogP contribution is 2.42. The van der Waals surface area contributed by atoms with E-state index in [0.717, 1.165) is 35.0 Å². The standard InChI is InChI=1S/C21H19N3O2S/c25-18(14-5-7-16(8-6-14)23-11-1-2-19(23)26)10-9-17-20(15-3-4-15)22-21-24(17)12-13-27-21/h5-10,12-13,15H,1-4,11H2. The molecule has 1 saturated carbocycles. The van der Waals surface area contributed by atoms with Gasteiger partial charge in [-0.15, -0.1) is 11.3 Å². The summed E-state index contributed by atoms with van der Waals surface area (Å²) >= 11 is 1.61. The van der Waals surface area contributed by atoms with Gasteiger partial charge in [0.2, 0.25) is 5.91 Å². The summed E-state index contributed by atoms with van der Waals surface area (Å²) in [7, 11) is 0. The lowest BCUT2D eigenvalue weighted by molar-refractivity contribution is -0.117. The van der Waals surface area contributed by atoms with Crippen molar-refractivity contribution in [1.29, 1.82) is 0 Å². The second-order valence-corrected chi connectivity index (χ2v) is 7.98. The summed E-state index contributed by atoms with van der Waals surface area (Å²) in [5, 5.41) is 2.01. The Balaban J connectivity index is 1.38. The van der Waals surface area contributed by atoms with Crippen molar-refractivity contribution >= 4 is 39.8 Å². The molecule has 5 rings (SSSR count). The first kappa shape index (κ1) is 16.4. The number of anilines is 1. The van der Waals surface area contributed by atoms with Gasteiger partial charge in [-0.2, -0.15) is 0 Å². The number of rotatable bonds is 5. The molecule has 1 amide bonds. The number of nitrogens with zero attached hydrogens (tertiary/aromatic N) is 3. The van der Waals surface area contributed by atoms with Gasteiger partial charge in [-0.3, -0.25) is 14.0 Å². The lowest BCUT2D eigenvalue weighted by atomic mass is 10.1. The van der Waals surface area contributed by atoms with Gasteiger partial charge in [-0.25, -0.2) is 4.98 Å². The predicted molar refractivity (Wildman–Crippen MR) is 106 cm³/mol. The zero-order valence-corrected chi connectivity index (χ0v) is 15.6. The van der Waals surface area contributed by atoms with E-state index in [0.29, 0.717) is 17.9 Å². The fraction of sp³-hybridized carbons (Fsp3) is 0.286. The number of benzene rings is 1. The molecule has 6 heteroatoms. The van der Waals surface area contributed by atoms with Gasteiger partial charge < -0.3 is 4.90 Å². The van der Waals surface area contributed by atoms with Crippen molar-refractivity contribution in [2.75, 3.05) is 11.4 Å². The van der Waals surface area contributed by atoms with Crippen LogP contribution in [0.2, 0.25) is 0 Å². The van der Waals surface area contributed by atoms with E-state index in [1.807, 2.05) is 29.8 Å². The molecule has 1 aliphatic heterocycles. The first-order chi connectivity index (χ1) is 13.2. The predicted octanol–water partition coefficient (Wildman–Crippen LogP) is 4.30. The zero-order valence-electron chi connectivity index (χ0n) is 14.8. The lowest BCUT2D eigenvalue weighted by Gasteiger charge is -2.15. The second-order valence-electron chi connectivity index (χ2n) is 7.11. The molecule has 0 N–H and O–H groups in total. The molecular weight excluding hydrogens is 358 g/mol. The molecule has 1 aliphatic carbocycles. The Morgan fingerprint density at radius 1 is 1.22 bits per heavy atom. The van der Waals surface area contributed by atoms with Crippen LogP contribution in [0.3, 0.4) is 0 Å². The van der Waals surface area contributed by atoms with Crippen LogP contribution in [0.1, 0.15) is 53.3 Å². The number of carbonyl (C=O) groups is 2. The third kappa shape index (κ3) is 3.00. The summed E-state index contributed by atoms with van der Waals surface area (Å²) in [5.41, 5.74) is 3.61. The maximum absolute atomic E-state index is 12.6. The highest BCUT2D eigenvalue weighted by Gasteiger charge is 2.29. The molecular formula is C21H19N3O2S. The van der Waals surface area contributed by atoms with Crippen molar-refractivity contribution in [3.05, 3.63) is 58.9 Å². The summed E-state index contributed by atoms with van der Waals surface area (Å²) in [6.07, 6.45) is 9.38.